The molecule has 1 fully saturated rings. The maximum atomic E-state index is 12.3. The lowest BCUT2D eigenvalue weighted by atomic mass is 9.86. The highest BCUT2D eigenvalue weighted by Crippen LogP contribution is 2.45. The molecule has 0 saturated heterocycles. The highest BCUT2D eigenvalue weighted by molar-refractivity contribution is 5.94. The van der Waals surface area contributed by atoms with Crippen molar-refractivity contribution in [3.05, 3.63) is 18.2 Å². The number of nitrogens with two attached hydrogens (primary N) is 2. The average Bonchev–Trinajstić information content (AvgIpc) is 2.97. The first-order chi connectivity index (χ1) is 13.1. The molecule has 1 saturated carbocycles. The summed E-state index contributed by atoms with van der Waals surface area (Å²) in [6.45, 7) is 8.85. The van der Waals surface area contributed by atoms with Gasteiger partial charge in [0, 0.05) is 12.1 Å². The first-order valence-electron chi connectivity index (χ1n) is 10.2. The number of nitrogens with zero attached hydrogens (tertiary/aromatic N) is 3. The van der Waals surface area contributed by atoms with Crippen molar-refractivity contribution in [1.82, 2.24) is 9.38 Å². The van der Waals surface area contributed by atoms with E-state index in [0.29, 0.717) is 16.7 Å². The molecule has 1 aromatic carbocycles. The van der Waals surface area contributed by atoms with Gasteiger partial charge in [-0.3, -0.25) is 4.90 Å². The molecule has 3 rings (SSSR count). The Labute approximate surface area is 167 Å². The molecule has 154 valence electrons. The van der Waals surface area contributed by atoms with Gasteiger partial charge in [-0.15, -0.1) is 0 Å². The quantitative estimate of drug-likeness (QED) is 0.528. The second kappa shape index (κ2) is 7.37. The Morgan fingerprint density at radius 1 is 1.36 bits per heavy atom. The fraction of sp³-hybridized carbons (Fsp3) is 0.619. The molecule has 0 radical (unpaired) electrons. The van der Waals surface area contributed by atoms with Crippen molar-refractivity contribution in [3.63, 3.8) is 0 Å². The molecule has 28 heavy (non-hydrogen) atoms. The van der Waals surface area contributed by atoms with Crippen molar-refractivity contribution in [3.8, 4) is 0 Å². The number of aliphatic imine (C=N–C) groups is 1. The summed E-state index contributed by atoms with van der Waals surface area (Å²) in [5.74, 6) is 0. The number of hydrogen-bond acceptors (Lipinski definition) is 4. The zero-order valence-corrected chi connectivity index (χ0v) is 17.4. The van der Waals surface area contributed by atoms with E-state index < -0.39 is 11.6 Å². The van der Waals surface area contributed by atoms with Gasteiger partial charge in [0.1, 0.15) is 6.54 Å². The third-order valence-electron chi connectivity index (χ3n) is 6.43. The third kappa shape index (κ3) is 3.37. The smallest absolute Gasteiger partial charge is 0.408 e. The highest BCUT2D eigenvalue weighted by Gasteiger charge is 2.49. The largest absolute Gasteiger partial charge is 0.465 e. The fourth-order valence-electron chi connectivity index (χ4n) is 4.99. The van der Waals surface area contributed by atoms with Crippen LogP contribution < -0.4 is 16.0 Å². The second-order valence-electron chi connectivity index (χ2n) is 9.12. The molecule has 1 aromatic rings. The molecule has 0 spiro atoms. The van der Waals surface area contributed by atoms with Gasteiger partial charge in [-0.1, -0.05) is 18.9 Å². The van der Waals surface area contributed by atoms with Crippen LogP contribution in [-0.2, 0) is 0 Å². The lowest BCUT2D eigenvalue weighted by Crippen LogP contribution is -2.67. The van der Waals surface area contributed by atoms with Gasteiger partial charge in [0.2, 0.25) is 0 Å². The summed E-state index contributed by atoms with van der Waals surface area (Å²) in [6, 6.07) is 5.75. The number of hydrogen-bond donors (Lipinski definition) is 3. The normalized spacial score (nSPS) is 27.1. The van der Waals surface area contributed by atoms with Crippen LogP contribution in [-0.4, -0.2) is 52.6 Å². The molecule has 3 atom stereocenters. The first kappa shape index (κ1) is 20.6. The van der Waals surface area contributed by atoms with Crippen LogP contribution in [0.3, 0.4) is 0 Å². The summed E-state index contributed by atoms with van der Waals surface area (Å²) in [5, 5.41) is 10.1. The number of nitrogen functional groups attached to an aromatic ring is 1. The van der Waals surface area contributed by atoms with Gasteiger partial charge in [0.05, 0.1) is 23.3 Å². The van der Waals surface area contributed by atoms with Crippen LogP contribution in [0.15, 0.2) is 23.2 Å². The maximum Gasteiger partial charge on any atom is 0.408 e. The summed E-state index contributed by atoms with van der Waals surface area (Å²) in [6.07, 6.45) is 4.79. The van der Waals surface area contributed by atoms with Crippen molar-refractivity contribution < 1.29 is 9.90 Å². The Balaban J connectivity index is 2.00. The Morgan fingerprint density at radius 3 is 2.64 bits per heavy atom. The van der Waals surface area contributed by atoms with E-state index in [1.807, 2.05) is 38.4 Å². The lowest BCUT2D eigenvalue weighted by molar-refractivity contribution is 0.0299. The first-order valence-corrected chi connectivity index (χ1v) is 10.2. The number of amides is 1. The number of rotatable bonds is 5. The van der Waals surface area contributed by atoms with E-state index in [1.165, 1.54) is 0 Å². The molecule has 0 aromatic heterocycles. The zero-order chi connectivity index (χ0) is 20.7. The predicted molar refractivity (Wildman–Crippen MR) is 115 cm³/mol. The number of carboxylic acid groups (broad SMARTS) is 1. The van der Waals surface area contributed by atoms with Crippen LogP contribution in [0.25, 0.3) is 0 Å². The summed E-state index contributed by atoms with van der Waals surface area (Å²) < 4.78 is 0.471. The van der Waals surface area contributed by atoms with Crippen molar-refractivity contribution in [2.24, 2.45) is 10.7 Å². The maximum absolute atomic E-state index is 12.3. The van der Waals surface area contributed by atoms with E-state index in [9.17, 15) is 9.90 Å². The Hall–Kier alpha value is -2.12. The van der Waals surface area contributed by atoms with Crippen LogP contribution in [0.2, 0.25) is 0 Å². The molecule has 1 aliphatic heterocycles. The average molecular weight is 389 g/mol. The standard InChI is InChI=1S/C21H33N5O2/c1-14(2)26(13-24-19-16(23)9-7-11-18(19)26)12-21(3,4)25(20(27)28)17-10-6-5-8-15(17)22/h7,9,11,13-15,17H,5-6,8,10,12,22-23H2,1-4H3/p+1/t15-,17+,26?/m1/s1. The molecular formula is C21H34N5O2+. The van der Waals surface area contributed by atoms with Crippen LogP contribution in [0.5, 0.6) is 0 Å². The minimum Gasteiger partial charge on any atom is -0.465 e. The van der Waals surface area contributed by atoms with E-state index in [1.54, 1.807) is 4.90 Å². The lowest BCUT2D eigenvalue weighted by Gasteiger charge is -2.49. The Bertz CT molecular complexity index is 776. The van der Waals surface area contributed by atoms with E-state index in [2.05, 4.69) is 18.8 Å². The van der Waals surface area contributed by atoms with Crippen molar-refractivity contribution in [1.29, 1.82) is 0 Å². The number of anilines is 1. The highest BCUT2D eigenvalue weighted by atomic mass is 16.4. The van der Waals surface area contributed by atoms with Gasteiger partial charge in [-0.05, 0) is 46.6 Å². The molecule has 1 unspecified atom stereocenters. The third-order valence-corrected chi connectivity index (χ3v) is 6.43. The number of benzene rings is 1. The topological polar surface area (TPSA) is 105 Å². The number of para-hydroxylation sites is 1. The minimum atomic E-state index is -0.904. The summed E-state index contributed by atoms with van der Waals surface area (Å²) in [7, 11) is 0. The Kier molecular flexibility index (Phi) is 5.42. The Morgan fingerprint density at radius 2 is 2.04 bits per heavy atom. The molecule has 5 N–H and O–H groups in total. The van der Waals surface area contributed by atoms with Crippen molar-refractivity contribution >= 4 is 29.5 Å². The molecule has 7 nitrogen and oxygen atoms in total. The van der Waals surface area contributed by atoms with E-state index in [0.717, 1.165) is 37.1 Å². The molecule has 0 bridgehead atoms. The molecule has 1 amide bonds. The van der Waals surface area contributed by atoms with Crippen molar-refractivity contribution in [2.75, 3.05) is 12.3 Å². The molecule has 1 heterocycles. The van der Waals surface area contributed by atoms with E-state index >= 15 is 0 Å². The van der Waals surface area contributed by atoms with Gasteiger partial charge in [0.25, 0.3) is 0 Å². The van der Waals surface area contributed by atoms with E-state index in [4.69, 9.17) is 11.5 Å². The predicted octanol–water partition coefficient (Wildman–Crippen LogP) is 3.69. The van der Waals surface area contributed by atoms with Gasteiger partial charge < -0.3 is 16.6 Å². The monoisotopic (exact) mass is 388 g/mol. The number of fused-ring (bicyclic) bond motifs is 1. The SMILES string of the molecule is CC(C)[N+]1(CC(C)(C)N(C(=O)O)[C@H]2CCCC[C@H]2N)C=Nc2c(N)cccc21. The van der Waals surface area contributed by atoms with Crippen LogP contribution in [0.4, 0.5) is 21.9 Å². The van der Waals surface area contributed by atoms with Gasteiger partial charge in [0.15, 0.2) is 17.7 Å². The molecular weight excluding hydrogens is 354 g/mol. The summed E-state index contributed by atoms with van der Waals surface area (Å²) in [5.41, 5.74) is 14.4. The molecule has 2 aliphatic rings. The fourth-order valence-corrected chi connectivity index (χ4v) is 4.99. The van der Waals surface area contributed by atoms with Gasteiger partial charge in [-0.2, -0.15) is 4.99 Å². The van der Waals surface area contributed by atoms with Crippen molar-refractivity contribution in [2.45, 2.75) is 77.0 Å². The van der Waals surface area contributed by atoms with Gasteiger partial charge >= 0.3 is 6.09 Å². The molecule has 1 aliphatic carbocycles. The zero-order valence-electron chi connectivity index (χ0n) is 17.4. The number of quaternary nitrogens is 1. The van der Waals surface area contributed by atoms with Crippen LogP contribution in [0, 0.1) is 0 Å². The minimum absolute atomic E-state index is 0.119. The van der Waals surface area contributed by atoms with Gasteiger partial charge in [-0.25, -0.2) is 9.28 Å². The summed E-state index contributed by atoms with van der Waals surface area (Å²) in [4.78, 5) is 18.6. The molecule has 7 heteroatoms. The van der Waals surface area contributed by atoms with E-state index in [-0.39, 0.29) is 18.1 Å². The van der Waals surface area contributed by atoms with Crippen LogP contribution in [0.1, 0.15) is 53.4 Å². The van der Waals surface area contributed by atoms with Crippen LogP contribution >= 0.6 is 0 Å². The second-order valence-corrected chi connectivity index (χ2v) is 9.12. The number of carbonyl (C=O) groups is 1. The summed E-state index contributed by atoms with van der Waals surface area (Å²) >= 11 is 0.